The fourth-order valence-electron chi connectivity index (χ4n) is 5.78. The van der Waals surface area contributed by atoms with Gasteiger partial charge in [-0.05, 0) is 48.6 Å². The Kier molecular flexibility index (Phi) is 10.0. The molecule has 1 saturated heterocycles. The summed E-state index contributed by atoms with van der Waals surface area (Å²) in [5.41, 5.74) is 0.855. The van der Waals surface area contributed by atoms with Gasteiger partial charge in [-0.25, -0.2) is 4.79 Å². The molecule has 0 spiro atoms. The van der Waals surface area contributed by atoms with Crippen molar-refractivity contribution < 1.29 is 19.1 Å². The van der Waals surface area contributed by atoms with Crippen LogP contribution < -0.4 is 16.0 Å². The Hall–Kier alpha value is -3.88. The van der Waals surface area contributed by atoms with Crippen LogP contribution in [0.25, 0.3) is 0 Å². The van der Waals surface area contributed by atoms with Gasteiger partial charge in [0.25, 0.3) is 5.91 Å². The number of rotatable bonds is 14. The number of alkyl carbamates (subject to hydrolysis) is 1. The lowest BCUT2D eigenvalue weighted by Gasteiger charge is -2.31. The van der Waals surface area contributed by atoms with Crippen LogP contribution in [0.4, 0.5) is 4.79 Å². The van der Waals surface area contributed by atoms with E-state index in [4.69, 9.17) is 10.1 Å². The predicted octanol–water partition coefficient (Wildman–Crippen LogP) is 4.33. The summed E-state index contributed by atoms with van der Waals surface area (Å²) >= 11 is 0. The van der Waals surface area contributed by atoms with E-state index >= 15 is 0 Å². The molecule has 2 fully saturated rings. The summed E-state index contributed by atoms with van der Waals surface area (Å²) in [6, 6.07) is 18.3. The van der Waals surface area contributed by atoms with E-state index in [1.54, 1.807) is 4.90 Å². The molecule has 0 aromatic heterocycles. The Bertz CT molecular complexity index is 1200. The first-order valence-corrected chi connectivity index (χ1v) is 14.7. The topological polar surface area (TPSA) is 124 Å². The number of methoxy groups -OCH3 is 1. The number of ether oxygens (including phenoxy) is 1. The molecular weight excluding hydrogens is 518 g/mol. The number of amides is 3. The molecule has 3 amide bonds. The lowest BCUT2D eigenvalue weighted by atomic mass is 9.82. The summed E-state index contributed by atoms with van der Waals surface area (Å²) in [5, 5.41) is 17.7. The van der Waals surface area contributed by atoms with Crippen LogP contribution >= 0.6 is 0 Å². The van der Waals surface area contributed by atoms with E-state index in [9.17, 15) is 14.4 Å². The molecule has 3 atom stereocenters. The maximum absolute atomic E-state index is 14.2. The average Bonchev–Trinajstić information content (AvgIpc) is 3.75. The van der Waals surface area contributed by atoms with Crippen LogP contribution in [0.1, 0.15) is 63.5 Å². The first-order valence-electron chi connectivity index (χ1n) is 14.7. The third-order valence-corrected chi connectivity index (χ3v) is 7.90. The van der Waals surface area contributed by atoms with Crippen LogP contribution in [-0.4, -0.2) is 54.5 Å². The van der Waals surface area contributed by atoms with Crippen LogP contribution in [-0.2, 0) is 26.3 Å². The number of benzene rings is 2. The van der Waals surface area contributed by atoms with E-state index in [0.29, 0.717) is 38.1 Å². The van der Waals surface area contributed by atoms with Gasteiger partial charge in [0.1, 0.15) is 11.6 Å². The maximum atomic E-state index is 14.2. The number of guanidine groups is 1. The van der Waals surface area contributed by atoms with Crippen molar-refractivity contribution in [2.24, 2.45) is 11.8 Å². The minimum atomic E-state index is -0.952. The molecule has 2 aliphatic rings. The van der Waals surface area contributed by atoms with E-state index in [0.717, 1.165) is 30.4 Å². The van der Waals surface area contributed by atoms with Gasteiger partial charge in [0, 0.05) is 19.0 Å². The Morgan fingerprint density at radius 3 is 2.37 bits per heavy atom. The lowest BCUT2D eigenvalue weighted by molar-refractivity contribution is -0.134. The molecule has 41 heavy (non-hydrogen) atoms. The van der Waals surface area contributed by atoms with Crippen LogP contribution in [0.3, 0.4) is 0 Å². The molecule has 1 heterocycles. The highest BCUT2D eigenvalue weighted by molar-refractivity contribution is 6.08. The SMILES string of the molecule is COC(=O)N[C@@H](Cc1ccccc1)C(=O)NCCCC(CC1CC1)N1C(=N)NC(CC(C)C)(c2ccccc2)C1=O. The van der Waals surface area contributed by atoms with Crippen LogP contribution in [0.15, 0.2) is 60.7 Å². The summed E-state index contributed by atoms with van der Waals surface area (Å²) in [6.45, 7) is 4.58. The standard InChI is InChI=1S/C32H43N5O4/c1-22(2)21-32(25-13-8-5-9-14-25)29(39)37(30(33)36-32)26(19-24-16-17-24)15-10-18-34-28(38)27(35-31(40)41-3)20-23-11-6-4-7-12-23/h4-9,11-14,22,24,26-27H,10,15-21H2,1-3H3,(H2,33,36)(H,34,38)(H,35,40)/t26?,27-,32?/m0/s1. The second-order valence-electron chi connectivity index (χ2n) is 11.7. The number of hydrogen-bond donors (Lipinski definition) is 4. The minimum absolute atomic E-state index is 0.0673. The molecule has 2 aromatic rings. The molecule has 220 valence electrons. The van der Waals surface area contributed by atoms with Crippen molar-refractivity contribution in [3.8, 4) is 0 Å². The van der Waals surface area contributed by atoms with Gasteiger partial charge >= 0.3 is 6.09 Å². The summed E-state index contributed by atoms with van der Waals surface area (Å²) in [5.74, 6) is 0.608. The van der Waals surface area contributed by atoms with E-state index in [-0.39, 0.29) is 29.7 Å². The highest BCUT2D eigenvalue weighted by Crippen LogP contribution is 2.40. The smallest absolute Gasteiger partial charge is 0.407 e. The Morgan fingerprint density at radius 2 is 1.76 bits per heavy atom. The van der Waals surface area contributed by atoms with E-state index in [1.165, 1.54) is 7.11 Å². The Balaban J connectivity index is 1.42. The van der Waals surface area contributed by atoms with Crippen molar-refractivity contribution in [2.45, 2.75) is 76.4 Å². The average molecular weight is 562 g/mol. The second kappa shape index (κ2) is 13.7. The molecular formula is C32H43N5O4. The molecule has 1 saturated carbocycles. The van der Waals surface area contributed by atoms with E-state index in [1.807, 2.05) is 60.7 Å². The third-order valence-electron chi connectivity index (χ3n) is 7.90. The zero-order valence-electron chi connectivity index (χ0n) is 24.3. The Labute approximate surface area is 242 Å². The monoisotopic (exact) mass is 561 g/mol. The van der Waals surface area contributed by atoms with Gasteiger partial charge in [-0.15, -0.1) is 0 Å². The van der Waals surface area contributed by atoms with Crippen molar-refractivity contribution in [1.82, 2.24) is 20.9 Å². The largest absolute Gasteiger partial charge is 0.453 e. The van der Waals surface area contributed by atoms with Gasteiger partial charge in [0.05, 0.1) is 7.11 Å². The van der Waals surface area contributed by atoms with E-state index < -0.39 is 17.7 Å². The molecule has 2 aromatic carbocycles. The molecule has 1 aliphatic carbocycles. The number of carbonyl (C=O) groups is 3. The zero-order valence-corrected chi connectivity index (χ0v) is 24.3. The third kappa shape index (κ3) is 7.65. The molecule has 4 rings (SSSR count). The number of carbonyl (C=O) groups excluding carboxylic acids is 3. The highest BCUT2D eigenvalue weighted by Gasteiger charge is 2.53. The van der Waals surface area contributed by atoms with Gasteiger partial charge in [-0.3, -0.25) is 19.9 Å². The zero-order chi connectivity index (χ0) is 29.4. The van der Waals surface area contributed by atoms with Crippen LogP contribution in [0, 0.1) is 17.2 Å². The van der Waals surface area contributed by atoms with Gasteiger partial charge in [0.15, 0.2) is 5.96 Å². The number of nitrogens with zero attached hydrogens (tertiary/aromatic N) is 1. The van der Waals surface area contributed by atoms with E-state index in [2.05, 4.69) is 29.8 Å². The summed E-state index contributed by atoms with van der Waals surface area (Å²) in [6.07, 6.45) is 4.71. The van der Waals surface area contributed by atoms with Gasteiger partial charge in [0.2, 0.25) is 5.91 Å². The molecule has 9 heteroatoms. The molecule has 0 bridgehead atoms. The van der Waals surface area contributed by atoms with Crippen LogP contribution in [0.2, 0.25) is 0 Å². The van der Waals surface area contributed by atoms with Crippen molar-refractivity contribution in [3.63, 3.8) is 0 Å². The van der Waals surface area contributed by atoms with Gasteiger partial charge in [-0.2, -0.15) is 0 Å². The maximum Gasteiger partial charge on any atom is 0.407 e. The quantitative estimate of drug-likeness (QED) is 0.256. The fraction of sp³-hybridized carbons (Fsp3) is 0.500. The molecule has 0 radical (unpaired) electrons. The van der Waals surface area contributed by atoms with Crippen molar-refractivity contribution >= 4 is 23.9 Å². The second-order valence-corrected chi connectivity index (χ2v) is 11.7. The summed E-state index contributed by atoms with van der Waals surface area (Å²) < 4.78 is 4.72. The van der Waals surface area contributed by atoms with Crippen molar-refractivity contribution in [1.29, 1.82) is 5.41 Å². The summed E-state index contributed by atoms with van der Waals surface area (Å²) in [7, 11) is 1.27. The normalized spacial score (nSPS) is 20.0. The Morgan fingerprint density at radius 1 is 1.10 bits per heavy atom. The molecule has 4 N–H and O–H groups in total. The first kappa shape index (κ1) is 30.1. The summed E-state index contributed by atoms with van der Waals surface area (Å²) in [4.78, 5) is 40.8. The number of nitrogens with one attached hydrogen (secondary N) is 4. The number of hydrogen-bond acceptors (Lipinski definition) is 5. The predicted molar refractivity (Wildman–Crippen MR) is 158 cm³/mol. The molecule has 9 nitrogen and oxygen atoms in total. The lowest BCUT2D eigenvalue weighted by Crippen LogP contribution is -2.48. The molecule has 1 aliphatic heterocycles. The highest BCUT2D eigenvalue weighted by atomic mass is 16.5. The van der Waals surface area contributed by atoms with Crippen LogP contribution in [0.5, 0.6) is 0 Å². The van der Waals surface area contributed by atoms with Gasteiger partial charge in [-0.1, -0.05) is 87.4 Å². The van der Waals surface area contributed by atoms with Gasteiger partial charge < -0.3 is 20.7 Å². The minimum Gasteiger partial charge on any atom is -0.453 e. The molecule has 2 unspecified atom stereocenters. The first-order chi connectivity index (χ1) is 19.7. The fourth-order valence-corrected chi connectivity index (χ4v) is 5.78. The van der Waals surface area contributed by atoms with Crippen molar-refractivity contribution in [3.05, 3.63) is 71.8 Å². The van der Waals surface area contributed by atoms with Crippen molar-refractivity contribution in [2.75, 3.05) is 13.7 Å².